The predicted octanol–water partition coefficient (Wildman–Crippen LogP) is 2.53. The van der Waals surface area contributed by atoms with Crippen LogP contribution in [0.3, 0.4) is 0 Å². The maximum Gasteiger partial charge on any atom is 0.253 e. The first-order valence-electron chi connectivity index (χ1n) is 8.52. The molecule has 1 saturated heterocycles. The molecule has 1 aliphatic carbocycles. The molecule has 2 N–H and O–H groups in total. The number of hydrogen-bond acceptors (Lipinski definition) is 3. The topological polar surface area (TPSA) is 61.4 Å². The first-order valence-corrected chi connectivity index (χ1v) is 8.52. The lowest BCUT2D eigenvalue weighted by molar-refractivity contribution is -0.117. The van der Waals surface area contributed by atoms with Crippen LogP contribution in [-0.2, 0) is 4.79 Å². The van der Waals surface area contributed by atoms with Gasteiger partial charge in [0.25, 0.3) is 5.91 Å². The van der Waals surface area contributed by atoms with Crippen LogP contribution < -0.4 is 10.6 Å². The highest BCUT2D eigenvalue weighted by Crippen LogP contribution is 2.30. The number of likely N-dealkylation sites (tertiary alicyclic amines) is 1. The molecule has 1 heterocycles. The average molecular weight is 352 g/mol. The highest BCUT2D eigenvalue weighted by atomic mass is 35.5. The van der Waals surface area contributed by atoms with E-state index in [1.807, 2.05) is 30.1 Å². The normalized spacial score (nSPS) is 18.0. The van der Waals surface area contributed by atoms with Gasteiger partial charge in [-0.25, -0.2) is 0 Å². The van der Waals surface area contributed by atoms with Gasteiger partial charge in [0.1, 0.15) is 0 Å². The molecular weight excluding hydrogens is 326 g/mol. The van der Waals surface area contributed by atoms with Gasteiger partial charge in [0.2, 0.25) is 5.91 Å². The molecule has 2 fully saturated rings. The number of rotatable bonds is 5. The molecule has 0 spiro atoms. The van der Waals surface area contributed by atoms with E-state index < -0.39 is 0 Å². The van der Waals surface area contributed by atoms with Crippen LogP contribution >= 0.6 is 12.4 Å². The van der Waals surface area contributed by atoms with Crippen molar-refractivity contribution in [2.24, 2.45) is 11.8 Å². The summed E-state index contributed by atoms with van der Waals surface area (Å²) in [5.41, 5.74) is 1.38. The molecule has 1 aliphatic heterocycles. The summed E-state index contributed by atoms with van der Waals surface area (Å²) in [7, 11) is 1.97. The summed E-state index contributed by atoms with van der Waals surface area (Å²) in [6.07, 6.45) is 4.05. The smallest absolute Gasteiger partial charge is 0.253 e. The van der Waals surface area contributed by atoms with E-state index in [9.17, 15) is 9.59 Å². The highest BCUT2D eigenvalue weighted by molar-refractivity contribution is 5.98. The first-order chi connectivity index (χ1) is 11.2. The number of carbonyl (C=O) groups is 2. The molecule has 2 amide bonds. The van der Waals surface area contributed by atoms with E-state index in [2.05, 4.69) is 10.6 Å². The van der Waals surface area contributed by atoms with Crippen LogP contribution in [0.4, 0.5) is 5.69 Å². The van der Waals surface area contributed by atoms with E-state index in [1.54, 1.807) is 6.07 Å². The van der Waals surface area contributed by atoms with Gasteiger partial charge in [-0.3, -0.25) is 9.59 Å². The number of nitrogens with one attached hydrogen (secondary N) is 2. The molecule has 1 saturated carbocycles. The largest absolute Gasteiger partial charge is 0.339 e. The van der Waals surface area contributed by atoms with Crippen molar-refractivity contribution in [1.82, 2.24) is 10.2 Å². The van der Waals surface area contributed by atoms with Crippen LogP contribution in [0.5, 0.6) is 0 Å². The Hall–Kier alpha value is -1.59. The van der Waals surface area contributed by atoms with Crippen molar-refractivity contribution in [1.29, 1.82) is 0 Å². The Balaban J connectivity index is 0.00000208. The van der Waals surface area contributed by atoms with E-state index in [1.165, 1.54) is 0 Å². The molecule has 24 heavy (non-hydrogen) atoms. The van der Waals surface area contributed by atoms with E-state index in [0.717, 1.165) is 51.0 Å². The molecule has 0 radical (unpaired) electrons. The van der Waals surface area contributed by atoms with E-state index in [4.69, 9.17) is 0 Å². The van der Waals surface area contributed by atoms with Crippen molar-refractivity contribution >= 4 is 29.9 Å². The number of amides is 2. The van der Waals surface area contributed by atoms with Gasteiger partial charge in [0.15, 0.2) is 0 Å². The number of piperidine rings is 1. The minimum Gasteiger partial charge on any atom is -0.339 e. The Morgan fingerprint density at radius 3 is 2.50 bits per heavy atom. The zero-order valence-corrected chi connectivity index (χ0v) is 14.9. The molecule has 0 bridgehead atoms. The third-order valence-corrected chi connectivity index (χ3v) is 4.72. The summed E-state index contributed by atoms with van der Waals surface area (Å²) in [5.74, 6) is 0.965. The fourth-order valence-electron chi connectivity index (χ4n) is 3.13. The second kappa shape index (κ2) is 8.49. The molecule has 6 heteroatoms. The number of nitrogens with zero attached hydrogens (tertiary/aromatic N) is 1. The average Bonchev–Trinajstić information content (AvgIpc) is 3.40. The zero-order valence-electron chi connectivity index (χ0n) is 14.1. The van der Waals surface area contributed by atoms with Crippen molar-refractivity contribution in [3.05, 3.63) is 29.8 Å². The van der Waals surface area contributed by atoms with Crippen LogP contribution in [0, 0.1) is 11.8 Å². The van der Waals surface area contributed by atoms with Crippen LogP contribution in [0.25, 0.3) is 0 Å². The summed E-state index contributed by atoms with van der Waals surface area (Å²) >= 11 is 0. The van der Waals surface area contributed by atoms with Gasteiger partial charge in [-0.1, -0.05) is 6.07 Å². The first kappa shape index (κ1) is 18.7. The SMILES string of the molecule is CNCC1CCN(C(=O)c2cccc(NC(=O)C3CC3)c2)CC1.Cl. The minimum absolute atomic E-state index is 0. The van der Waals surface area contributed by atoms with Gasteiger partial charge in [-0.05, 0) is 63.4 Å². The molecule has 2 aliphatic rings. The second-order valence-electron chi connectivity index (χ2n) is 6.64. The zero-order chi connectivity index (χ0) is 16.2. The van der Waals surface area contributed by atoms with Crippen LogP contribution in [0.15, 0.2) is 24.3 Å². The minimum atomic E-state index is 0. The molecular formula is C18H26ClN3O2. The van der Waals surface area contributed by atoms with E-state index in [-0.39, 0.29) is 30.1 Å². The number of halogens is 1. The fraction of sp³-hybridized carbons (Fsp3) is 0.556. The Labute approximate surface area is 149 Å². The summed E-state index contributed by atoms with van der Waals surface area (Å²) in [6.45, 7) is 2.64. The van der Waals surface area contributed by atoms with Crippen LogP contribution in [0.2, 0.25) is 0 Å². The monoisotopic (exact) mass is 351 g/mol. The van der Waals surface area contributed by atoms with Gasteiger partial charge < -0.3 is 15.5 Å². The summed E-state index contributed by atoms with van der Waals surface area (Å²) in [5, 5.41) is 6.12. The Kier molecular flexibility index (Phi) is 6.63. The summed E-state index contributed by atoms with van der Waals surface area (Å²) < 4.78 is 0. The van der Waals surface area contributed by atoms with Gasteiger partial charge in [0.05, 0.1) is 0 Å². The number of hydrogen-bond donors (Lipinski definition) is 2. The van der Waals surface area contributed by atoms with Gasteiger partial charge in [-0.15, -0.1) is 12.4 Å². The van der Waals surface area contributed by atoms with E-state index in [0.29, 0.717) is 11.5 Å². The fourth-order valence-corrected chi connectivity index (χ4v) is 3.13. The maximum atomic E-state index is 12.6. The van der Waals surface area contributed by atoms with Gasteiger partial charge >= 0.3 is 0 Å². The Bertz CT molecular complexity index is 581. The maximum absolute atomic E-state index is 12.6. The predicted molar refractivity (Wildman–Crippen MR) is 97.6 cm³/mol. The quantitative estimate of drug-likeness (QED) is 0.857. The van der Waals surface area contributed by atoms with Crippen molar-refractivity contribution in [3.63, 3.8) is 0 Å². The third kappa shape index (κ3) is 4.71. The lowest BCUT2D eigenvalue weighted by atomic mass is 9.96. The molecule has 0 aromatic heterocycles. The van der Waals surface area contributed by atoms with Gasteiger partial charge in [-0.2, -0.15) is 0 Å². The molecule has 132 valence electrons. The molecule has 5 nitrogen and oxygen atoms in total. The van der Waals surface area contributed by atoms with Crippen molar-refractivity contribution in [3.8, 4) is 0 Å². The number of anilines is 1. The van der Waals surface area contributed by atoms with Crippen LogP contribution in [0.1, 0.15) is 36.0 Å². The van der Waals surface area contributed by atoms with Gasteiger partial charge in [0, 0.05) is 30.3 Å². The lowest BCUT2D eigenvalue weighted by Crippen LogP contribution is -2.40. The summed E-state index contributed by atoms with van der Waals surface area (Å²) in [4.78, 5) is 26.4. The highest BCUT2D eigenvalue weighted by Gasteiger charge is 2.29. The third-order valence-electron chi connectivity index (χ3n) is 4.72. The molecule has 0 atom stereocenters. The Morgan fingerprint density at radius 2 is 1.88 bits per heavy atom. The number of carbonyl (C=O) groups excluding carboxylic acids is 2. The molecule has 3 rings (SSSR count). The van der Waals surface area contributed by atoms with E-state index >= 15 is 0 Å². The lowest BCUT2D eigenvalue weighted by Gasteiger charge is -2.32. The molecule has 1 aromatic carbocycles. The van der Waals surface area contributed by atoms with Crippen molar-refractivity contribution in [2.75, 3.05) is 32.0 Å². The molecule has 0 unspecified atom stereocenters. The Morgan fingerprint density at radius 1 is 1.17 bits per heavy atom. The standard InChI is InChI=1S/C18H25N3O2.ClH/c1-19-12-13-7-9-21(10-8-13)18(23)15-3-2-4-16(11-15)20-17(22)14-5-6-14;/h2-4,11,13-14,19H,5-10,12H2,1H3,(H,20,22);1H. The second-order valence-corrected chi connectivity index (χ2v) is 6.64. The number of benzene rings is 1. The van der Waals surface area contributed by atoms with Crippen molar-refractivity contribution in [2.45, 2.75) is 25.7 Å². The van der Waals surface area contributed by atoms with Crippen LogP contribution in [-0.4, -0.2) is 43.4 Å². The summed E-state index contributed by atoms with van der Waals surface area (Å²) in [6, 6.07) is 7.30. The van der Waals surface area contributed by atoms with Crippen molar-refractivity contribution < 1.29 is 9.59 Å². The molecule has 1 aromatic rings.